The van der Waals surface area contributed by atoms with E-state index in [0.29, 0.717) is 10.2 Å². The maximum Gasteiger partial charge on any atom is 0.264 e. The van der Waals surface area contributed by atoms with Crippen LogP contribution in [0.15, 0.2) is 46.9 Å². The summed E-state index contributed by atoms with van der Waals surface area (Å²) in [5.74, 6) is 0. The summed E-state index contributed by atoms with van der Waals surface area (Å²) < 4.78 is 25.6. The zero-order valence-electron chi connectivity index (χ0n) is 8.83. The molecule has 0 saturated heterocycles. The molecule has 1 nitrogen and oxygen atoms in total. The van der Waals surface area contributed by atoms with E-state index in [-0.39, 0.29) is 5.56 Å². The Balaban J connectivity index is 2.49. The Kier molecular flexibility index (Phi) is 3.43. The minimum atomic E-state index is -2.48. The summed E-state index contributed by atoms with van der Waals surface area (Å²) in [6.45, 7) is 0. The molecule has 2 rings (SSSR count). The van der Waals surface area contributed by atoms with Crippen molar-refractivity contribution in [3.8, 4) is 11.1 Å². The number of hydrogen-bond acceptors (Lipinski definition) is 1. The first-order chi connectivity index (χ1) is 8.09. The normalized spacial score (nSPS) is 10.8. The standard InChI is InChI=1S/C13H10BrF2N/c14-11-7-8(5-6-10(11)13(15)16)9-3-1-2-4-12(9)17/h1-7,13H,17H2. The molecule has 0 aliphatic heterocycles. The SMILES string of the molecule is Nc1ccccc1-c1ccc(C(F)F)c(Br)c1. The third kappa shape index (κ3) is 2.47. The fourth-order valence-corrected chi connectivity index (χ4v) is 2.18. The molecule has 0 unspecified atom stereocenters. The van der Waals surface area contributed by atoms with Crippen LogP contribution in [0.5, 0.6) is 0 Å². The molecule has 2 N–H and O–H groups in total. The van der Waals surface area contributed by atoms with Crippen molar-refractivity contribution in [2.24, 2.45) is 0 Å². The highest BCUT2D eigenvalue weighted by Crippen LogP contribution is 2.33. The highest BCUT2D eigenvalue weighted by atomic mass is 79.9. The van der Waals surface area contributed by atoms with E-state index in [9.17, 15) is 8.78 Å². The smallest absolute Gasteiger partial charge is 0.264 e. The lowest BCUT2D eigenvalue weighted by molar-refractivity contribution is 0.150. The van der Waals surface area contributed by atoms with E-state index < -0.39 is 6.43 Å². The Hall–Kier alpha value is -1.42. The first-order valence-electron chi connectivity index (χ1n) is 5.02. The summed E-state index contributed by atoms with van der Waals surface area (Å²) in [6, 6.07) is 12.1. The van der Waals surface area contributed by atoms with Gasteiger partial charge in [-0.25, -0.2) is 8.78 Å². The van der Waals surface area contributed by atoms with E-state index in [1.807, 2.05) is 18.2 Å². The van der Waals surface area contributed by atoms with Crippen LogP contribution in [0.1, 0.15) is 12.0 Å². The molecule has 0 aliphatic rings. The highest BCUT2D eigenvalue weighted by Gasteiger charge is 2.12. The molecule has 0 atom stereocenters. The van der Waals surface area contributed by atoms with Crippen LogP contribution in [0.2, 0.25) is 0 Å². The first-order valence-corrected chi connectivity index (χ1v) is 5.81. The van der Waals surface area contributed by atoms with Crippen LogP contribution >= 0.6 is 15.9 Å². The van der Waals surface area contributed by atoms with Gasteiger partial charge in [0, 0.05) is 21.3 Å². The summed E-state index contributed by atoms with van der Waals surface area (Å²) in [4.78, 5) is 0. The Morgan fingerprint density at radius 3 is 2.35 bits per heavy atom. The maximum absolute atomic E-state index is 12.6. The molecule has 0 spiro atoms. The van der Waals surface area contributed by atoms with Crippen molar-refractivity contribution in [3.63, 3.8) is 0 Å². The monoisotopic (exact) mass is 297 g/mol. The molecular weight excluding hydrogens is 288 g/mol. The van der Waals surface area contributed by atoms with Gasteiger partial charge in [-0.15, -0.1) is 0 Å². The molecule has 17 heavy (non-hydrogen) atoms. The van der Waals surface area contributed by atoms with Gasteiger partial charge < -0.3 is 5.73 Å². The van der Waals surface area contributed by atoms with Crippen LogP contribution in [0, 0.1) is 0 Å². The van der Waals surface area contributed by atoms with Crippen LogP contribution < -0.4 is 5.73 Å². The number of para-hydroxylation sites is 1. The second-order valence-electron chi connectivity index (χ2n) is 3.62. The lowest BCUT2D eigenvalue weighted by atomic mass is 10.0. The van der Waals surface area contributed by atoms with E-state index >= 15 is 0 Å². The number of anilines is 1. The van der Waals surface area contributed by atoms with Gasteiger partial charge in [-0.05, 0) is 17.7 Å². The zero-order chi connectivity index (χ0) is 12.4. The second kappa shape index (κ2) is 4.84. The van der Waals surface area contributed by atoms with Gasteiger partial charge in [-0.2, -0.15) is 0 Å². The Morgan fingerprint density at radius 2 is 1.76 bits per heavy atom. The Bertz CT molecular complexity index is 541. The third-order valence-electron chi connectivity index (χ3n) is 2.51. The number of nitrogen functional groups attached to an aromatic ring is 1. The van der Waals surface area contributed by atoms with Crippen LogP contribution in [0.3, 0.4) is 0 Å². The van der Waals surface area contributed by atoms with Crippen molar-refractivity contribution in [2.75, 3.05) is 5.73 Å². The van der Waals surface area contributed by atoms with Crippen molar-refractivity contribution >= 4 is 21.6 Å². The predicted octanol–water partition coefficient (Wildman–Crippen LogP) is 4.64. The lowest BCUT2D eigenvalue weighted by Crippen LogP contribution is -1.91. The van der Waals surface area contributed by atoms with Gasteiger partial charge in [-0.3, -0.25) is 0 Å². The minimum absolute atomic E-state index is 0.0109. The molecule has 88 valence electrons. The number of rotatable bonds is 2. The molecular formula is C13H10BrF2N. The molecule has 0 heterocycles. The van der Waals surface area contributed by atoms with Crippen LogP contribution in [-0.2, 0) is 0 Å². The fourth-order valence-electron chi connectivity index (χ4n) is 1.63. The van der Waals surface area contributed by atoms with E-state index in [1.54, 1.807) is 18.2 Å². The number of nitrogens with two attached hydrogens (primary N) is 1. The quantitative estimate of drug-likeness (QED) is 0.803. The fraction of sp³-hybridized carbons (Fsp3) is 0.0769. The summed E-state index contributed by atoms with van der Waals surface area (Å²) in [5.41, 5.74) is 8.12. The Labute approximate surface area is 106 Å². The van der Waals surface area contributed by atoms with Crippen LogP contribution in [0.25, 0.3) is 11.1 Å². The number of halogens is 3. The number of alkyl halides is 2. The van der Waals surface area contributed by atoms with E-state index in [4.69, 9.17) is 5.73 Å². The van der Waals surface area contributed by atoms with Gasteiger partial charge in [0.1, 0.15) is 0 Å². The number of hydrogen-bond donors (Lipinski definition) is 1. The van der Waals surface area contributed by atoms with E-state index in [2.05, 4.69) is 15.9 Å². The largest absolute Gasteiger partial charge is 0.398 e. The van der Waals surface area contributed by atoms with Crippen LogP contribution in [0.4, 0.5) is 14.5 Å². The summed E-state index contributed by atoms with van der Waals surface area (Å²) in [6.07, 6.45) is -2.48. The first kappa shape index (κ1) is 12.0. The summed E-state index contributed by atoms with van der Waals surface area (Å²) >= 11 is 3.15. The predicted molar refractivity (Wildman–Crippen MR) is 68.9 cm³/mol. The third-order valence-corrected chi connectivity index (χ3v) is 3.19. The molecule has 4 heteroatoms. The average Bonchev–Trinajstić information content (AvgIpc) is 2.29. The van der Waals surface area contributed by atoms with Crippen molar-refractivity contribution in [3.05, 3.63) is 52.5 Å². The molecule has 0 bridgehead atoms. The number of benzene rings is 2. The van der Waals surface area contributed by atoms with Gasteiger partial charge in [0.15, 0.2) is 0 Å². The topological polar surface area (TPSA) is 26.0 Å². The summed E-state index contributed by atoms with van der Waals surface area (Å²) in [7, 11) is 0. The highest BCUT2D eigenvalue weighted by molar-refractivity contribution is 9.10. The zero-order valence-corrected chi connectivity index (χ0v) is 10.4. The molecule has 2 aromatic rings. The van der Waals surface area contributed by atoms with Gasteiger partial charge >= 0.3 is 0 Å². The van der Waals surface area contributed by atoms with E-state index in [0.717, 1.165) is 11.1 Å². The summed E-state index contributed by atoms with van der Waals surface area (Å²) in [5, 5.41) is 0. The lowest BCUT2D eigenvalue weighted by Gasteiger charge is -2.08. The molecule has 2 aromatic carbocycles. The van der Waals surface area contributed by atoms with Gasteiger partial charge in [0.25, 0.3) is 6.43 Å². The molecule has 0 aromatic heterocycles. The van der Waals surface area contributed by atoms with Crippen molar-refractivity contribution < 1.29 is 8.78 Å². The second-order valence-corrected chi connectivity index (χ2v) is 4.48. The maximum atomic E-state index is 12.6. The van der Waals surface area contributed by atoms with Crippen molar-refractivity contribution in [1.29, 1.82) is 0 Å². The van der Waals surface area contributed by atoms with Gasteiger partial charge in [0.2, 0.25) is 0 Å². The van der Waals surface area contributed by atoms with Crippen molar-refractivity contribution in [1.82, 2.24) is 0 Å². The molecule has 0 amide bonds. The minimum Gasteiger partial charge on any atom is -0.398 e. The molecule has 0 radical (unpaired) electrons. The molecule has 0 saturated carbocycles. The van der Waals surface area contributed by atoms with Gasteiger partial charge in [-0.1, -0.05) is 46.3 Å². The Morgan fingerprint density at radius 1 is 1.06 bits per heavy atom. The molecule has 0 fully saturated rings. The van der Waals surface area contributed by atoms with E-state index in [1.165, 1.54) is 6.07 Å². The molecule has 0 aliphatic carbocycles. The average molecular weight is 298 g/mol. The van der Waals surface area contributed by atoms with Crippen molar-refractivity contribution in [2.45, 2.75) is 6.43 Å². The van der Waals surface area contributed by atoms with Gasteiger partial charge in [0.05, 0.1) is 0 Å². The van der Waals surface area contributed by atoms with Crippen LogP contribution in [-0.4, -0.2) is 0 Å².